The first-order valence-electron chi connectivity index (χ1n) is 7.88. The number of hydrogen-bond acceptors (Lipinski definition) is 5. The Morgan fingerprint density at radius 3 is 2.71 bits per heavy atom. The molecule has 2 rings (SSSR count). The van der Waals surface area contributed by atoms with E-state index in [1.807, 2.05) is 0 Å². The predicted octanol–water partition coefficient (Wildman–Crippen LogP) is 2.42. The van der Waals surface area contributed by atoms with Gasteiger partial charge >= 0.3 is 0 Å². The Hall–Kier alpha value is -0.910. The fraction of sp³-hybridized carbons (Fsp3) is 0.812. The highest BCUT2D eigenvalue weighted by molar-refractivity contribution is 5.05. The van der Waals surface area contributed by atoms with Gasteiger partial charge in [0.25, 0.3) is 0 Å². The fourth-order valence-corrected chi connectivity index (χ4v) is 2.57. The van der Waals surface area contributed by atoms with Crippen LogP contribution in [0, 0.1) is 5.92 Å². The molecule has 1 aromatic heterocycles. The summed E-state index contributed by atoms with van der Waals surface area (Å²) in [5.74, 6) is 1.68. The second-order valence-corrected chi connectivity index (χ2v) is 7.14. The molecular formula is C16H29N3O2. The smallest absolute Gasteiger partial charge is 0.151 e. The highest BCUT2D eigenvalue weighted by Gasteiger charge is 2.17. The van der Waals surface area contributed by atoms with E-state index in [2.05, 4.69) is 49.3 Å². The van der Waals surface area contributed by atoms with Crippen LogP contribution >= 0.6 is 0 Å². The molecule has 0 spiro atoms. The zero-order chi connectivity index (χ0) is 15.3. The lowest BCUT2D eigenvalue weighted by atomic mass is 10.00. The van der Waals surface area contributed by atoms with Crippen LogP contribution in [0.15, 0.2) is 10.6 Å². The molecule has 1 aliphatic heterocycles. The van der Waals surface area contributed by atoms with Gasteiger partial charge < -0.3 is 14.6 Å². The van der Waals surface area contributed by atoms with Gasteiger partial charge in [0.05, 0.1) is 12.2 Å². The highest BCUT2D eigenvalue weighted by atomic mass is 16.5. The van der Waals surface area contributed by atoms with Crippen LogP contribution in [0.5, 0.6) is 0 Å². The molecule has 120 valence electrons. The quantitative estimate of drug-likeness (QED) is 0.873. The summed E-state index contributed by atoms with van der Waals surface area (Å²) >= 11 is 0. The molecule has 0 atom stereocenters. The van der Waals surface area contributed by atoms with Gasteiger partial charge in [0.1, 0.15) is 0 Å². The minimum Gasteiger partial charge on any atom is -0.381 e. The molecule has 0 bridgehead atoms. The number of ether oxygens (including phenoxy) is 1. The molecule has 1 aliphatic rings. The molecule has 2 heterocycles. The van der Waals surface area contributed by atoms with Crippen LogP contribution in [-0.2, 0) is 17.8 Å². The van der Waals surface area contributed by atoms with E-state index in [0.29, 0.717) is 0 Å². The first-order chi connectivity index (χ1) is 9.92. The molecule has 5 nitrogen and oxygen atoms in total. The van der Waals surface area contributed by atoms with E-state index in [0.717, 1.165) is 50.2 Å². The Kier molecular flexibility index (Phi) is 5.79. The standard InChI is InChI=1S/C16H29N3O2/c1-16(2,3)17-10-14-9-15(21-18-14)12-19(4)11-13-5-7-20-8-6-13/h9,13,17H,5-8,10-12H2,1-4H3. The molecule has 1 saturated heterocycles. The molecule has 21 heavy (non-hydrogen) atoms. The maximum Gasteiger partial charge on any atom is 0.151 e. The lowest BCUT2D eigenvalue weighted by Gasteiger charge is -2.26. The molecule has 0 aromatic carbocycles. The SMILES string of the molecule is CN(Cc1cc(CNC(C)(C)C)no1)CC1CCOCC1. The van der Waals surface area contributed by atoms with E-state index in [1.165, 1.54) is 12.8 Å². The first kappa shape index (κ1) is 16.5. The van der Waals surface area contributed by atoms with Crippen LogP contribution in [0.2, 0.25) is 0 Å². The zero-order valence-corrected chi connectivity index (χ0v) is 13.8. The molecule has 5 heteroatoms. The minimum atomic E-state index is 0.0962. The average molecular weight is 295 g/mol. The van der Waals surface area contributed by atoms with Gasteiger partial charge in [-0.05, 0) is 46.6 Å². The molecule has 1 fully saturated rings. The lowest BCUT2D eigenvalue weighted by molar-refractivity contribution is 0.0540. The van der Waals surface area contributed by atoms with Crippen LogP contribution in [0.3, 0.4) is 0 Å². The summed E-state index contributed by atoms with van der Waals surface area (Å²) < 4.78 is 10.8. The van der Waals surface area contributed by atoms with Crippen molar-refractivity contribution in [2.75, 3.05) is 26.8 Å². The number of rotatable bonds is 6. The van der Waals surface area contributed by atoms with Gasteiger partial charge in [-0.3, -0.25) is 4.90 Å². The van der Waals surface area contributed by atoms with Gasteiger partial charge in [-0.15, -0.1) is 0 Å². The van der Waals surface area contributed by atoms with Gasteiger partial charge in [0, 0.05) is 37.9 Å². The summed E-state index contributed by atoms with van der Waals surface area (Å²) in [6.07, 6.45) is 2.34. The maximum absolute atomic E-state index is 5.43. The van der Waals surface area contributed by atoms with Gasteiger partial charge in [0.2, 0.25) is 0 Å². The average Bonchev–Trinajstić information content (AvgIpc) is 2.84. The van der Waals surface area contributed by atoms with Crippen molar-refractivity contribution in [3.05, 3.63) is 17.5 Å². The maximum atomic E-state index is 5.43. The van der Waals surface area contributed by atoms with Crippen molar-refractivity contribution in [2.24, 2.45) is 5.92 Å². The molecule has 1 aromatic rings. The summed E-state index contributed by atoms with van der Waals surface area (Å²) in [5.41, 5.74) is 1.07. The van der Waals surface area contributed by atoms with E-state index < -0.39 is 0 Å². The van der Waals surface area contributed by atoms with Crippen LogP contribution in [0.1, 0.15) is 45.1 Å². The molecule has 0 radical (unpaired) electrons. The molecule has 0 amide bonds. The van der Waals surface area contributed by atoms with Crippen LogP contribution < -0.4 is 5.32 Å². The van der Waals surface area contributed by atoms with Gasteiger partial charge in [-0.25, -0.2) is 0 Å². The molecule has 0 saturated carbocycles. The van der Waals surface area contributed by atoms with E-state index in [1.54, 1.807) is 0 Å². The van der Waals surface area contributed by atoms with E-state index in [9.17, 15) is 0 Å². The number of nitrogens with one attached hydrogen (secondary N) is 1. The number of aromatic nitrogens is 1. The number of nitrogens with zero attached hydrogens (tertiary/aromatic N) is 2. The van der Waals surface area contributed by atoms with Crippen LogP contribution in [-0.4, -0.2) is 42.4 Å². The van der Waals surface area contributed by atoms with Crippen LogP contribution in [0.25, 0.3) is 0 Å². The minimum absolute atomic E-state index is 0.0962. The van der Waals surface area contributed by atoms with Crippen LogP contribution in [0.4, 0.5) is 0 Å². The summed E-state index contributed by atoms with van der Waals surface area (Å²) in [5, 5.41) is 7.56. The van der Waals surface area contributed by atoms with Gasteiger partial charge in [0.15, 0.2) is 5.76 Å². The number of hydrogen-bond donors (Lipinski definition) is 1. The summed E-state index contributed by atoms with van der Waals surface area (Å²) in [6.45, 7) is 10.9. The van der Waals surface area contributed by atoms with Crippen molar-refractivity contribution >= 4 is 0 Å². The normalized spacial score (nSPS) is 17.6. The van der Waals surface area contributed by atoms with Crippen molar-refractivity contribution in [1.29, 1.82) is 0 Å². The zero-order valence-electron chi connectivity index (χ0n) is 13.8. The third-order valence-electron chi connectivity index (χ3n) is 3.74. The lowest BCUT2D eigenvalue weighted by Crippen LogP contribution is -2.35. The Balaban J connectivity index is 1.75. The molecule has 1 N–H and O–H groups in total. The van der Waals surface area contributed by atoms with Gasteiger partial charge in [-0.1, -0.05) is 5.16 Å². The molecular weight excluding hydrogens is 266 g/mol. The topological polar surface area (TPSA) is 50.5 Å². The van der Waals surface area contributed by atoms with E-state index >= 15 is 0 Å². The summed E-state index contributed by atoms with van der Waals surface area (Å²) in [6, 6.07) is 2.05. The highest BCUT2D eigenvalue weighted by Crippen LogP contribution is 2.17. The Labute approximate surface area is 128 Å². The van der Waals surface area contributed by atoms with Crippen molar-refractivity contribution in [3.8, 4) is 0 Å². The van der Waals surface area contributed by atoms with Crippen molar-refractivity contribution in [2.45, 2.75) is 52.2 Å². The summed E-state index contributed by atoms with van der Waals surface area (Å²) in [4.78, 5) is 2.32. The predicted molar refractivity (Wildman–Crippen MR) is 83.0 cm³/mol. The first-order valence-corrected chi connectivity index (χ1v) is 7.88. The Morgan fingerprint density at radius 2 is 2.05 bits per heavy atom. The second kappa shape index (κ2) is 7.38. The fourth-order valence-electron chi connectivity index (χ4n) is 2.57. The molecule has 0 unspecified atom stereocenters. The monoisotopic (exact) mass is 295 g/mol. The summed E-state index contributed by atoms with van der Waals surface area (Å²) in [7, 11) is 2.14. The Morgan fingerprint density at radius 1 is 1.33 bits per heavy atom. The largest absolute Gasteiger partial charge is 0.381 e. The second-order valence-electron chi connectivity index (χ2n) is 7.14. The van der Waals surface area contributed by atoms with Crippen molar-refractivity contribution in [1.82, 2.24) is 15.4 Å². The third-order valence-corrected chi connectivity index (χ3v) is 3.74. The Bertz CT molecular complexity index is 419. The third kappa shape index (κ3) is 6.16. The van der Waals surface area contributed by atoms with E-state index in [-0.39, 0.29) is 5.54 Å². The van der Waals surface area contributed by atoms with Crippen molar-refractivity contribution < 1.29 is 9.26 Å². The van der Waals surface area contributed by atoms with Crippen molar-refractivity contribution in [3.63, 3.8) is 0 Å². The van der Waals surface area contributed by atoms with E-state index in [4.69, 9.17) is 9.26 Å². The molecule has 0 aliphatic carbocycles. The van der Waals surface area contributed by atoms with Gasteiger partial charge in [-0.2, -0.15) is 0 Å².